The minimum atomic E-state index is -0.292. The molecule has 3 aromatic rings. The highest BCUT2D eigenvalue weighted by atomic mass is 19.1. The first kappa shape index (κ1) is 19.3. The number of anilines is 1. The maximum absolute atomic E-state index is 13.7. The van der Waals surface area contributed by atoms with Crippen LogP contribution in [0.25, 0.3) is 0 Å². The van der Waals surface area contributed by atoms with Crippen LogP contribution in [-0.4, -0.2) is 29.5 Å². The van der Waals surface area contributed by atoms with Gasteiger partial charge >= 0.3 is 0 Å². The highest BCUT2D eigenvalue weighted by Crippen LogP contribution is 2.13. The van der Waals surface area contributed by atoms with E-state index in [9.17, 15) is 9.18 Å². The number of hydrogen-bond acceptors (Lipinski definition) is 5. The summed E-state index contributed by atoms with van der Waals surface area (Å²) in [6, 6.07) is 15.7. The Kier molecular flexibility index (Phi) is 6.51. The number of methoxy groups -OCH3 is 1. The topological polar surface area (TPSA) is 76.1 Å². The molecule has 0 saturated carbocycles. The number of aromatic nitrogens is 2. The van der Waals surface area contributed by atoms with Gasteiger partial charge < -0.3 is 15.4 Å². The molecule has 0 fully saturated rings. The van der Waals surface area contributed by atoms with Crippen LogP contribution >= 0.6 is 0 Å². The lowest BCUT2D eigenvalue weighted by Crippen LogP contribution is -2.26. The average Bonchev–Trinajstić information content (AvgIpc) is 2.73. The molecule has 0 aliphatic rings. The zero-order valence-corrected chi connectivity index (χ0v) is 15.5. The molecule has 0 aliphatic carbocycles. The third kappa shape index (κ3) is 5.26. The number of benzene rings is 2. The molecule has 1 aromatic heterocycles. The first-order valence-electron chi connectivity index (χ1n) is 8.86. The molecular weight excluding hydrogens is 359 g/mol. The quantitative estimate of drug-likeness (QED) is 0.628. The van der Waals surface area contributed by atoms with E-state index in [-0.39, 0.29) is 24.0 Å². The Morgan fingerprint density at radius 1 is 1.11 bits per heavy atom. The summed E-state index contributed by atoms with van der Waals surface area (Å²) in [4.78, 5) is 20.4. The molecule has 0 aliphatic heterocycles. The zero-order chi connectivity index (χ0) is 19.8. The minimum absolute atomic E-state index is 0.247. The number of hydrogen-bond donors (Lipinski definition) is 2. The largest absolute Gasteiger partial charge is 0.497 e. The summed E-state index contributed by atoms with van der Waals surface area (Å²) in [6.07, 6.45) is 1.98. The van der Waals surface area contributed by atoms with Crippen molar-refractivity contribution in [2.24, 2.45) is 0 Å². The highest BCUT2D eigenvalue weighted by molar-refractivity contribution is 5.92. The molecule has 28 heavy (non-hydrogen) atoms. The standard InChI is InChI=1S/C21H21FN4O2/c1-28-17-7-4-5-15(11-17)9-10-23-21(27)19-12-20(26-14-25-19)24-13-16-6-2-3-8-18(16)22/h2-8,11-12,14H,9-10,13H2,1H3,(H,23,27)(H,24,25,26). The van der Waals surface area contributed by atoms with Crippen molar-refractivity contribution in [1.29, 1.82) is 0 Å². The van der Waals surface area contributed by atoms with Gasteiger partial charge in [-0.15, -0.1) is 0 Å². The molecule has 0 bridgehead atoms. The van der Waals surface area contributed by atoms with Crippen LogP contribution in [0.3, 0.4) is 0 Å². The molecule has 2 N–H and O–H groups in total. The fourth-order valence-electron chi connectivity index (χ4n) is 2.64. The maximum atomic E-state index is 13.7. The van der Waals surface area contributed by atoms with Crippen LogP contribution in [0.5, 0.6) is 5.75 Å². The number of nitrogens with one attached hydrogen (secondary N) is 2. The number of carbonyl (C=O) groups is 1. The number of halogens is 1. The van der Waals surface area contributed by atoms with Crippen molar-refractivity contribution in [3.8, 4) is 5.75 Å². The van der Waals surface area contributed by atoms with E-state index >= 15 is 0 Å². The second-order valence-electron chi connectivity index (χ2n) is 6.09. The molecule has 0 radical (unpaired) electrons. The predicted molar refractivity (Wildman–Crippen MR) is 105 cm³/mol. The van der Waals surface area contributed by atoms with Gasteiger partial charge in [-0.3, -0.25) is 4.79 Å². The first-order chi connectivity index (χ1) is 13.7. The zero-order valence-electron chi connectivity index (χ0n) is 15.5. The first-order valence-corrected chi connectivity index (χ1v) is 8.86. The molecule has 2 aromatic carbocycles. The van der Waals surface area contributed by atoms with Crippen molar-refractivity contribution < 1.29 is 13.9 Å². The van der Waals surface area contributed by atoms with Crippen molar-refractivity contribution in [3.63, 3.8) is 0 Å². The summed E-state index contributed by atoms with van der Waals surface area (Å²) >= 11 is 0. The van der Waals surface area contributed by atoms with Gasteiger partial charge in [0.1, 0.15) is 29.4 Å². The van der Waals surface area contributed by atoms with Crippen molar-refractivity contribution >= 4 is 11.7 Å². The van der Waals surface area contributed by atoms with Crippen LogP contribution in [0.4, 0.5) is 10.2 Å². The molecule has 6 nitrogen and oxygen atoms in total. The van der Waals surface area contributed by atoms with Gasteiger partial charge in [0.05, 0.1) is 7.11 Å². The summed E-state index contributed by atoms with van der Waals surface area (Å²) in [5, 5.41) is 5.84. The average molecular weight is 380 g/mol. The summed E-state index contributed by atoms with van der Waals surface area (Å²) < 4.78 is 18.9. The number of amides is 1. The summed E-state index contributed by atoms with van der Waals surface area (Å²) in [5.74, 6) is 0.653. The predicted octanol–water partition coefficient (Wildman–Crippen LogP) is 3.21. The van der Waals surface area contributed by atoms with E-state index in [1.165, 1.54) is 12.4 Å². The molecule has 0 spiro atoms. The molecule has 0 atom stereocenters. The SMILES string of the molecule is COc1cccc(CCNC(=O)c2cc(NCc3ccccc3F)ncn2)c1. The summed E-state index contributed by atoms with van der Waals surface area (Å²) in [6.45, 7) is 0.731. The van der Waals surface area contributed by atoms with Crippen LogP contribution in [-0.2, 0) is 13.0 Å². The van der Waals surface area contributed by atoms with Gasteiger partial charge in [-0.2, -0.15) is 0 Å². The molecule has 1 heterocycles. The Morgan fingerprint density at radius 2 is 1.96 bits per heavy atom. The monoisotopic (exact) mass is 380 g/mol. The Hall–Kier alpha value is -3.48. The molecule has 144 valence electrons. The molecule has 7 heteroatoms. The lowest BCUT2D eigenvalue weighted by atomic mass is 10.1. The number of nitrogens with zero attached hydrogens (tertiary/aromatic N) is 2. The molecule has 1 amide bonds. The van der Waals surface area contributed by atoms with Gasteiger partial charge in [0.25, 0.3) is 5.91 Å². The molecular formula is C21H21FN4O2. The van der Waals surface area contributed by atoms with Gasteiger partial charge in [0, 0.05) is 24.7 Å². The number of ether oxygens (including phenoxy) is 1. The van der Waals surface area contributed by atoms with Crippen molar-refractivity contribution in [1.82, 2.24) is 15.3 Å². The molecule has 0 saturated heterocycles. The van der Waals surface area contributed by atoms with E-state index in [0.29, 0.717) is 24.3 Å². The van der Waals surface area contributed by atoms with Gasteiger partial charge in [-0.25, -0.2) is 14.4 Å². The Morgan fingerprint density at radius 3 is 2.79 bits per heavy atom. The van der Waals surface area contributed by atoms with Crippen molar-refractivity contribution in [2.75, 3.05) is 19.0 Å². The van der Waals surface area contributed by atoms with E-state index in [1.807, 2.05) is 24.3 Å². The Labute approximate surface area is 162 Å². The second kappa shape index (κ2) is 9.45. The van der Waals surface area contributed by atoms with Crippen molar-refractivity contribution in [3.05, 3.63) is 83.6 Å². The lowest BCUT2D eigenvalue weighted by Gasteiger charge is -2.09. The molecule has 0 unspecified atom stereocenters. The van der Waals surface area contributed by atoms with E-state index < -0.39 is 0 Å². The van der Waals surface area contributed by atoms with Crippen molar-refractivity contribution in [2.45, 2.75) is 13.0 Å². The van der Waals surface area contributed by atoms with E-state index in [2.05, 4.69) is 20.6 Å². The van der Waals surface area contributed by atoms with Crippen LogP contribution in [0.15, 0.2) is 60.9 Å². The Balaban J connectivity index is 1.54. The van der Waals surface area contributed by atoms with Crippen LogP contribution < -0.4 is 15.4 Å². The summed E-state index contributed by atoms with van der Waals surface area (Å²) in [5.41, 5.74) is 1.83. The lowest BCUT2D eigenvalue weighted by molar-refractivity contribution is 0.0949. The maximum Gasteiger partial charge on any atom is 0.270 e. The fraction of sp³-hybridized carbons (Fsp3) is 0.190. The van der Waals surface area contributed by atoms with E-state index in [0.717, 1.165) is 11.3 Å². The Bertz CT molecular complexity index is 949. The van der Waals surface area contributed by atoms with Gasteiger partial charge in [0.15, 0.2) is 0 Å². The molecule has 3 rings (SSSR count). The second-order valence-corrected chi connectivity index (χ2v) is 6.09. The minimum Gasteiger partial charge on any atom is -0.497 e. The third-order valence-corrected chi connectivity index (χ3v) is 4.15. The summed E-state index contributed by atoms with van der Waals surface area (Å²) in [7, 11) is 1.62. The third-order valence-electron chi connectivity index (χ3n) is 4.15. The highest BCUT2D eigenvalue weighted by Gasteiger charge is 2.09. The fourth-order valence-corrected chi connectivity index (χ4v) is 2.64. The normalized spacial score (nSPS) is 10.4. The van der Waals surface area contributed by atoms with Gasteiger partial charge in [0.2, 0.25) is 0 Å². The smallest absolute Gasteiger partial charge is 0.270 e. The van der Waals surface area contributed by atoms with Gasteiger partial charge in [-0.1, -0.05) is 30.3 Å². The van der Waals surface area contributed by atoms with E-state index in [4.69, 9.17) is 4.74 Å². The van der Waals surface area contributed by atoms with Crippen LogP contribution in [0, 0.1) is 5.82 Å². The number of rotatable bonds is 8. The van der Waals surface area contributed by atoms with Crippen LogP contribution in [0.2, 0.25) is 0 Å². The number of carbonyl (C=O) groups excluding carboxylic acids is 1. The van der Waals surface area contributed by atoms with Gasteiger partial charge in [-0.05, 0) is 30.2 Å². The van der Waals surface area contributed by atoms with E-state index in [1.54, 1.807) is 31.4 Å². The van der Waals surface area contributed by atoms with Crippen LogP contribution in [0.1, 0.15) is 21.6 Å².